The fraction of sp³-hybridized carbons (Fsp3) is 0.133. The fourth-order valence-corrected chi connectivity index (χ4v) is 2.07. The molecule has 0 radical (unpaired) electrons. The molecule has 0 amide bonds. The lowest BCUT2D eigenvalue weighted by molar-refractivity contribution is 0.112. The number of fused-ring (bicyclic) bond motifs is 1. The molecular formula is C15H12FN3O. The van der Waals surface area contributed by atoms with Crippen LogP contribution in [0.15, 0.2) is 36.5 Å². The van der Waals surface area contributed by atoms with Crippen LogP contribution in [0.4, 0.5) is 4.39 Å². The third-order valence-corrected chi connectivity index (χ3v) is 3.17. The largest absolute Gasteiger partial charge is 0.298 e. The molecule has 100 valence electrons. The van der Waals surface area contributed by atoms with Crippen LogP contribution in [-0.2, 0) is 6.42 Å². The summed E-state index contributed by atoms with van der Waals surface area (Å²) in [7, 11) is 0. The Kier molecular flexibility index (Phi) is 3.02. The van der Waals surface area contributed by atoms with E-state index in [0.717, 1.165) is 17.4 Å². The monoisotopic (exact) mass is 269 g/mol. The summed E-state index contributed by atoms with van der Waals surface area (Å²) >= 11 is 0. The lowest BCUT2D eigenvalue weighted by Gasteiger charge is -1.97. The van der Waals surface area contributed by atoms with Crippen LogP contribution in [0.2, 0.25) is 0 Å². The van der Waals surface area contributed by atoms with Gasteiger partial charge in [0.2, 0.25) is 0 Å². The Morgan fingerprint density at radius 1 is 1.30 bits per heavy atom. The van der Waals surface area contributed by atoms with E-state index >= 15 is 0 Å². The number of hydrogen-bond acceptors (Lipinski definition) is 3. The average molecular weight is 269 g/mol. The van der Waals surface area contributed by atoms with Crippen molar-refractivity contribution in [2.75, 3.05) is 0 Å². The molecule has 2 aromatic heterocycles. The topological polar surface area (TPSA) is 47.3 Å². The van der Waals surface area contributed by atoms with E-state index in [4.69, 9.17) is 0 Å². The van der Waals surface area contributed by atoms with Crippen molar-refractivity contribution in [2.24, 2.45) is 0 Å². The van der Waals surface area contributed by atoms with Gasteiger partial charge in [-0.2, -0.15) is 5.10 Å². The van der Waals surface area contributed by atoms with Gasteiger partial charge in [0.1, 0.15) is 5.82 Å². The molecule has 5 heteroatoms. The number of halogens is 1. The molecule has 0 fully saturated rings. The second-order valence-corrected chi connectivity index (χ2v) is 4.66. The molecule has 3 aromatic rings. The van der Waals surface area contributed by atoms with E-state index in [0.29, 0.717) is 23.5 Å². The van der Waals surface area contributed by atoms with Gasteiger partial charge in [-0.05, 0) is 36.2 Å². The molecule has 0 unspecified atom stereocenters. The number of hydrogen-bond donors (Lipinski definition) is 0. The zero-order valence-corrected chi connectivity index (χ0v) is 10.9. The van der Waals surface area contributed by atoms with E-state index < -0.39 is 0 Å². The average Bonchev–Trinajstić information content (AvgIpc) is 2.81. The highest BCUT2D eigenvalue weighted by atomic mass is 19.1. The minimum Gasteiger partial charge on any atom is -0.298 e. The maximum atomic E-state index is 12.9. The molecule has 2 heterocycles. The van der Waals surface area contributed by atoms with Crippen LogP contribution in [0.1, 0.15) is 27.3 Å². The summed E-state index contributed by atoms with van der Waals surface area (Å²) in [5.41, 5.74) is 3.10. The second-order valence-electron chi connectivity index (χ2n) is 4.66. The number of aryl methyl sites for hydroxylation is 1. The van der Waals surface area contributed by atoms with Crippen molar-refractivity contribution in [3.05, 3.63) is 64.9 Å². The van der Waals surface area contributed by atoms with Gasteiger partial charge in [0.05, 0.1) is 0 Å². The molecule has 0 bridgehead atoms. The summed E-state index contributed by atoms with van der Waals surface area (Å²) in [5, 5.41) is 4.33. The maximum absolute atomic E-state index is 12.9. The van der Waals surface area contributed by atoms with Crippen LogP contribution in [0, 0.1) is 12.7 Å². The zero-order chi connectivity index (χ0) is 14.1. The Hall–Kier alpha value is -2.56. The summed E-state index contributed by atoms with van der Waals surface area (Å²) < 4.78 is 14.4. The normalized spacial score (nSPS) is 10.9. The van der Waals surface area contributed by atoms with E-state index in [2.05, 4.69) is 10.1 Å². The van der Waals surface area contributed by atoms with Gasteiger partial charge in [-0.25, -0.2) is 13.9 Å². The standard InChI is InChI=1S/C15H12FN3O/c1-10-6-15-17-14(18-19(15)8-12(10)9-20)7-11-2-4-13(16)5-3-11/h2-6,8-9H,7H2,1H3. The van der Waals surface area contributed by atoms with Crippen molar-refractivity contribution in [1.29, 1.82) is 0 Å². The summed E-state index contributed by atoms with van der Waals surface area (Å²) in [4.78, 5) is 15.3. The van der Waals surface area contributed by atoms with Crippen LogP contribution in [0.5, 0.6) is 0 Å². The lowest BCUT2D eigenvalue weighted by atomic mass is 10.1. The van der Waals surface area contributed by atoms with Crippen molar-refractivity contribution >= 4 is 11.9 Å². The predicted molar refractivity (Wildman–Crippen MR) is 72.3 cm³/mol. The Morgan fingerprint density at radius 3 is 2.75 bits per heavy atom. The summed E-state index contributed by atoms with van der Waals surface area (Å²) in [6.07, 6.45) is 2.99. The molecule has 1 aromatic carbocycles. The molecule has 20 heavy (non-hydrogen) atoms. The van der Waals surface area contributed by atoms with Gasteiger partial charge in [0.25, 0.3) is 0 Å². The van der Waals surface area contributed by atoms with Crippen LogP contribution < -0.4 is 0 Å². The molecule has 0 aliphatic heterocycles. The molecule has 0 aliphatic carbocycles. The van der Waals surface area contributed by atoms with E-state index in [1.165, 1.54) is 12.1 Å². The van der Waals surface area contributed by atoms with Gasteiger partial charge < -0.3 is 0 Å². The van der Waals surface area contributed by atoms with Crippen molar-refractivity contribution in [3.63, 3.8) is 0 Å². The number of rotatable bonds is 3. The quantitative estimate of drug-likeness (QED) is 0.687. The van der Waals surface area contributed by atoms with Gasteiger partial charge in [-0.15, -0.1) is 0 Å². The van der Waals surface area contributed by atoms with Gasteiger partial charge in [-0.1, -0.05) is 12.1 Å². The van der Waals surface area contributed by atoms with Gasteiger partial charge in [-0.3, -0.25) is 4.79 Å². The Balaban J connectivity index is 1.96. The van der Waals surface area contributed by atoms with E-state index in [1.807, 2.05) is 13.0 Å². The highest BCUT2D eigenvalue weighted by Crippen LogP contribution is 2.12. The smallest absolute Gasteiger partial charge is 0.156 e. The van der Waals surface area contributed by atoms with E-state index in [1.54, 1.807) is 22.8 Å². The molecule has 0 atom stereocenters. The SMILES string of the molecule is Cc1cc2nc(Cc3ccc(F)cc3)nn2cc1C=O. The van der Waals surface area contributed by atoms with Crippen LogP contribution in [-0.4, -0.2) is 20.9 Å². The number of aromatic nitrogens is 3. The molecular weight excluding hydrogens is 257 g/mol. The Labute approximate surface area is 114 Å². The van der Waals surface area contributed by atoms with Crippen molar-refractivity contribution in [3.8, 4) is 0 Å². The van der Waals surface area contributed by atoms with E-state index in [-0.39, 0.29) is 5.82 Å². The van der Waals surface area contributed by atoms with Crippen molar-refractivity contribution in [1.82, 2.24) is 14.6 Å². The number of carbonyl (C=O) groups is 1. The number of nitrogens with zero attached hydrogens (tertiary/aromatic N) is 3. The Bertz CT molecular complexity index is 778. The highest BCUT2D eigenvalue weighted by molar-refractivity contribution is 5.77. The molecule has 0 spiro atoms. The molecule has 0 saturated carbocycles. The van der Waals surface area contributed by atoms with Crippen molar-refractivity contribution in [2.45, 2.75) is 13.3 Å². The van der Waals surface area contributed by atoms with E-state index in [9.17, 15) is 9.18 Å². The molecule has 0 N–H and O–H groups in total. The third kappa shape index (κ3) is 2.30. The summed E-state index contributed by atoms with van der Waals surface area (Å²) in [6.45, 7) is 1.86. The first-order valence-corrected chi connectivity index (χ1v) is 6.21. The van der Waals surface area contributed by atoms with Gasteiger partial charge in [0, 0.05) is 18.2 Å². The third-order valence-electron chi connectivity index (χ3n) is 3.17. The first-order valence-electron chi connectivity index (χ1n) is 6.21. The van der Waals surface area contributed by atoms with Gasteiger partial charge >= 0.3 is 0 Å². The molecule has 0 aliphatic rings. The van der Waals surface area contributed by atoms with Crippen LogP contribution in [0.25, 0.3) is 5.65 Å². The van der Waals surface area contributed by atoms with Crippen LogP contribution >= 0.6 is 0 Å². The highest BCUT2D eigenvalue weighted by Gasteiger charge is 2.07. The zero-order valence-electron chi connectivity index (χ0n) is 10.9. The molecule has 4 nitrogen and oxygen atoms in total. The second kappa shape index (κ2) is 4.85. The van der Waals surface area contributed by atoms with Crippen LogP contribution in [0.3, 0.4) is 0 Å². The van der Waals surface area contributed by atoms with Crippen molar-refractivity contribution < 1.29 is 9.18 Å². The minimum absolute atomic E-state index is 0.261. The Morgan fingerprint density at radius 2 is 2.05 bits per heavy atom. The van der Waals surface area contributed by atoms with Gasteiger partial charge in [0.15, 0.2) is 17.8 Å². The lowest BCUT2D eigenvalue weighted by Crippen LogP contribution is -1.95. The predicted octanol–water partition coefficient (Wildman–Crippen LogP) is 2.58. The maximum Gasteiger partial charge on any atom is 0.156 e. The first-order chi connectivity index (χ1) is 9.65. The number of benzene rings is 1. The number of carbonyl (C=O) groups excluding carboxylic acids is 1. The molecule has 3 rings (SSSR count). The fourth-order valence-electron chi connectivity index (χ4n) is 2.07. The summed E-state index contributed by atoms with van der Waals surface area (Å²) in [5.74, 6) is 0.377. The number of pyridine rings is 1. The summed E-state index contributed by atoms with van der Waals surface area (Å²) in [6, 6.07) is 8.08. The minimum atomic E-state index is -0.261. The number of aldehydes is 1. The molecule has 0 saturated heterocycles. The first kappa shape index (κ1) is 12.5.